The summed E-state index contributed by atoms with van der Waals surface area (Å²) in [5.74, 6) is -0.491. The summed E-state index contributed by atoms with van der Waals surface area (Å²) >= 11 is 0. The molecule has 5 heteroatoms. The molecule has 0 heterocycles. The number of nitrogens with one attached hydrogen (secondary N) is 1. The molecule has 0 aliphatic heterocycles. The Labute approximate surface area is 153 Å². The maximum atomic E-state index is 13.2. The van der Waals surface area contributed by atoms with Gasteiger partial charge in [0.1, 0.15) is 0 Å². The van der Waals surface area contributed by atoms with Crippen LogP contribution in [0.4, 0.5) is 5.69 Å². The van der Waals surface area contributed by atoms with Gasteiger partial charge in [0.25, 0.3) is 0 Å². The van der Waals surface area contributed by atoms with Crippen molar-refractivity contribution in [3.8, 4) is 0 Å². The normalized spacial score (nSPS) is 12.3. The molecule has 0 aliphatic carbocycles. The van der Waals surface area contributed by atoms with E-state index < -0.39 is 21.0 Å². The van der Waals surface area contributed by atoms with E-state index in [0.29, 0.717) is 11.3 Å². The third-order valence-corrected chi connectivity index (χ3v) is 5.91. The average molecular weight is 365 g/mol. The predicted octanol–water partition coefficient (Wildman–Crippen LogP) is 4.09. The summed E-state index contributed by atoms with van der Waals surface area (Å²) in [6.45, 7) is 1.88. The van der Waals surface area contributed by atoms with Gasteiger partial charge in [-0.25, -0.2) is 8.42 Å². The number of rotatable bonds is 6. The maximum absolute atomic E-state index is 13.2. The van der Waals surface area contributed by atoms with E-state index >= 15 is 0 Å². The molecule has 0 aliphatic rings. The maximum Gasteiger partial charge on any atom is 0.206 e. The molecule has 0 radical (unpaired) electrons. The highest BCUT2D eigenvalue weighted by Crippen LogP contribution is 2.22. The molecule has 0 spiro atoms. The minimum atomic E-state index is -3.92. The summed E-state index contributed by atoms with van der Waals surface area (Å²) in [4.78, 5) is 13.1. The predicted molar refractivity (Wildman–Crippen MR) is 103 cm³/mol. The van der Waals surface area contributed by atoms with Crippen LogP contribution in [0.2, 0.25) is 0 Å². The lowest BCUT2D eigenvalue weighted by Crippen LogP contribution is -2.37. The van der Waals surface area contributed by atoms with Crippen molar-refractivity contribution >= 4 is 21.3 Å². The van der Waals surface area contributed by atoms with Crippen LogP contribution in [0.25, 0.3) is 0 Å². The second-order valence-corrected chi connectivity index (χ2v) is 8.01. The number of hydrogen-bond donors (Lipinski definition) is 1. The molecule has 3 aromatic rings. The number of carbonyl (C=O) groups excluding carboxylic acids is 1. The smallest absolute Gasteiger partial charge is 0.206 e. The van der Waals surface area contributed by atoms with Crippen molar-refractivity contribution in [2.24, 2.45) is 0 Å². The lowest BCUT2D eigenvalue weighted by atomic mass is 10.1. The number of anilines is 1. The topological polar surface area (TPSA) is 63.2 Å². The van der Waals surface area contributed by atoms with E-state index in [-0.39, 0.29) is 4.90 Å². The minimum Gasteiger partial charge on any atom is -0.362 e. The van der Waals surface area contributed by atoms with Crippen LogP contribution in [0.15, 0.2) is 89.8 Å². The fraction of sp³-hybridized carbons (Fsp3) is 0.0952. The number of carbonyl (C=O) groups is 1. The summed E-state index contributed by atoms with van der Waals surface area (Å²) in [7, 11) is -3.92. The van der Waals surface area contributed by atoms with E-state index in [1.54, 1.807) is 66.7 Å². The molecule has 1 atom stereocenters. The number of Topliss-reactive ketones (excluding diaryl/α,β-unsaturated/α-hetero) is 1. The van der Waals surface area contributed by atoms with Gasteiger partial charge in [0, 0.05) is 11.3 Å². The molecule has 0 bridgehead atoms. The second kappa shape index (κ2) is 7.54. The zero-order valence-corrected chi connectivity index (χ0v) is 15.1. The van der Waals surface area contributed by atoms with E-state index in [2.05, 4.69) is 5.32 Å². The SMILES string of the molecule is Cc1ccc(S(=O)(=O)C(Nc2ccccc2)C(=O)c2ccccc2)cc1. The molecular weight excluding hydrogens is 346 g/mol. The van der Waals surface area contributed by atoms with E-state index in [0.717, 1.165) is 5.56 Å². The van der Waals surface area contributed by atoms with Crippen molar-refractivity contribution in [2.75, 3.05) is 5.32 Å². The van der Waals surface area contributed by atoms with Gasteiger partial charge >= 0.3 is 0 Å². The van der Waals surface area contributed by atoms with Gasteiger partial charge in [-0.3, -0.25) is 4.79 Å². The first-order valence-electron chi connectivity index (χ1n) is 8.20. The number of para-hydroxylation sites is 1. The van der Waals surface area contributed by atoms with Gasteiger partial charge in [-0.1, -0.05) is 66.2 Å². The van der Waals surface area contributed by atoms with E-state index in [4.69, 9.17) is 0 Å². The monoisotopic (exact) mass is 365 g/mol. The summed E-state index contributed by atoms with van der Waals surface area (Å²) < 4.78 is 26.4. The average Bonchev–Trinajstić information content (AvgIpc) is 2.67. The fourth-order valence-corrected chi connectivity index (χ4v) is 4.08. The summed E-state index contributed by atoms with van der Waals surface area (Å²) in [5, 5.41) is 1.49. The third kappa shape index (κ3) is 3.83. The molecule has 0 saturated carbocycles. The standard InChI is InChI=1S/C21H19NO3S/c1-16-12-14-19(15-13-16)26(24,25)21(22-18-10-6-3-7-11-18)20(23)17-8-4-2-5-9-17/h2-15,21-22H,1H3. The molecule has 1 unspecified atom stereocenters. The Morgan fingerprint density at radius 1 is 0.808 bits per heavy atom. The van der Waals surface area contributed by atoms with Crippen molar-refractivity contribution < 1.29 is 13.2 Å². The van der Waals surface area contributed by atoms with Crippen LogP contribution >= 0.6 is 0 Å². The Morgan fingerprint density at radius 3 is 1.92 bits per heavy atom. The minimum absolute atomic E-state index is 0.112. The molecule has 0 fully saturated rings. The van der Waals surface area contributed by atoms with Crippen LogP contribution in [0.3, 0.4) is 0 Å². The molecule has 3 rings (SSSR count). The Hall–Kier alpha value is -2.92. The first kappa shape index (κ1) is 17.9. The number of aryl methyl sites for hydroxylation is 1. The number of benzene rings is 3. The van der Waals surface area contributed by atoms with Gasteiger partial charge in [0.05, 0.1) is 4.90 Å². The summed E-state index contributed by atoms with van der Waals surface area (Å²) in [6, 6.07) is 23.8. The number of hydrogen-bond acceptors (Lipinski definition) is 4. The van der Waals surface area contributed by atoms with Gasteiger partial charge in [-0.05, 0) is 31.2 Å². The van der Waals surface area contributed by atoms with Gasteiger partial charge in [0.15, 0.2) is 5.37 Å². The Bertz CT molecular complexity index is 982. The molecule has 1 N–H and O–H groups in total. The highest BCUT2D eigenvalue weighted by Gasteiger charge is 2.34. The Morgan fingerprint density at radius 2 is 1.35 bits per heavy atom. The Kier molecular flexibility index (Phi) is 5.19. The summed E-state index contributed by atoms with van der Waals surface area (Å²) in [5.41, 5.74) is 1.86. The van der Waals surface area contributed by atoms with Crippen molar-refractivity contribution in [2.45, 2.75) is 17.2 Å². The lowest BCUT2D eigenvalue weighted by molar-refractivity contribution is 0.0994. The van der Waals surface area contributed by atoms with E-state index in [1.165, 1.54) is 12.1 Å². The van der Waals surface area contributed by atoms with Crippen molar-refractivity contribution in [1.29, 1.82) is 0 Å². The molecule has 0 saturated heterocycles. The quantitative estimate of drug-likeness (QED) is 0.668. The molecule has 0 amide bonds. The van der Waals surface area contributed by atoms with Crippen LogP contribution in [-0.2, 0) is 9.84 Å². The van der Waals surface area contributed by atoms with Crippen molar-refractivity contribution in [1.82, 2.24) is 0 Å². The molecule has 3 aromatic carbocycles. The van der Waals surface area contributed by atoms with E-state index in [9.17, 15) is 13.2 Å². The first-order chi connectivity index (χ1) is 12.5. The molecule has 4 nitrogen and oxygen atoms in total. The van der Waals surface area contributed by atoms with Gasteiger partial charge in [-0.15, -0.1) is 0 Å². The van der Waals surface area contributed by atoms with Crippen LogP contribution in [0, 0.1) is 6.92 Å². The van der Waals surface area contributed by atoms with Crippen LogP contribution < -0.4 is 5.32 Å². The zero-order chi connectivity index (χ0) is 18.6. The van der Waals surface area contributed by atoms with Crippen LogP contribution in [0.1, 0.15) is 15.9 Å². The third-order valence-electron chi connectivity index (χ3n) is 4.03. The number of ketones is 1. The van der Waals surface area contributed by atoms with Crippen molar-refractivity contribution in [3.63, 3.8) is 0 Å². The zero-order valence-electron chi connectivity index (χ0n) is 14.3. The highest BCUT2D eigenvalue weighted by molar-refractivity contribution is 7.93. The molecule has 132 valence electrons. The highest BCUT2D eigenvalue weighted by atomic mass is 32.2. The lowest BCUT2D eigenvalue weighted by Gasteiger charge is -2.19. The van der Waals surface area contributed by atoms with Gasteiger partial charge < -0.3 is 5.32 Å². The van der Waals surface area contributed by atoms with Crippen LogP contribution in [0.5, 0.6) is 0 Å². The molecular formula is C21H19NO3S. The largest absolute Gasteiger partial charge is 0.362 e. The summed E-state index contributed by atoms with van der Waals surface area (Å²) in [6.07, 6.45) is 0. The van der Waals surface area contributed by atoms with Gasteiger partial charge in [-0.2, -0.15) is 0 Å². The second-order valence-electron chi connectivity index (χ2n) is 5.98. The molecule has 0 aromatic heterocycles. The Balaban J connectivity index is 2.04. The molecule has 26 heavy (non-hydrogen) atoms. The number of sulfone groups is 1. The van der Waals surface area contributed by atoms with Gasteiger partial charge in [0.2, 0.25) is 15.6 Å². The fourth-order valence-electron chi connectivity index (χ4n) is 2.59. The van der Waals surface area contributed by atoms with Crippen molar-refractivity contribution in [3.05, 3.63) is 96.1 Å². The van der Waals surface area contributed by atoms with Crippen LogP contribution in [-0.4, -0.2) is 19.6 Å². The van der Waals surface area contributed by atoms with E-state index in [1.807, 2.05) is 13.0 Å². The first-order valence-corrected chi connectivity index (χ1v) is 9.74.